The van der Waals surface area contributed by atoms with E-state index in [1.807, 2.05) is 50.3 Å². The van der Waals surface area contributed by atoms with Crippen molar-refractivity contribution >= 4 is 18.1 Å². The first-order valence-electron chi connectivity index (χ1n) is 13.5. The van der Waals surface area contributed by atoms with E-state index in [1.54, 1.807) is 6.26 Å². The highest BCUT2D eigenvalue weighted by atomic mass is 16.7. The second kappa shape index (κ2) is 16.5. The summed E-state index contributed by atoms with van der Waals surface area (Å²) >= 11 is 0. The van der Waals surface area contributed by atoms with Crippen molar-refractivity contribution in [1.82, 2.24) is 0 Å². The van der Waals surface area contributed by atoms with E-state index < -0.39 is 0 Å². The molecule has 1 fully saturated rings. The van der Waals surface area contributed by atoms with Gasteiger partial charge in [-0.1, -0.05) is 62.1 Å². The number of ether oxygens (including phenoxy) is 4. The van der Waals surface area contributed by atoms with E-state index in [0.29, 0.717) is 6.61 Å². The second-order valence-electron chi connectivity index (χ2n) is 9.92. The van der Waals surface area contributed by atoms with Crippen molar-refractivity contribution in [2.75, 3.05) is 6.61 Å². The van der Waals surface area contributed by atoms with Crippen LogP contribution in [0.3, 0.4) is 0 Å². The molecule has 1 aliphatic rings. The molecule has 0 saturated heterocycles. The van der Waals surface area contributed by atoms with Gasteiger partial charge in [-0.2, -0.15) is 0 Å². The summed E-state index contributed by atoms with van der Waals surface area (Å²) in [5, 5.41) is 0. The van der Waals surface area contributed by atoms with Gasteiger partial charge in [-0.05, 0) is 88.3 Å². The van der Waals surface area contributed by atoms with Crippen molar-refractivity contribution in [3.8, 4) is 5.75 Å². The lowest BCUT2D eigenvalue weighted by molar-refractivity contribution is -0.144. The lowest BCUT2D eigenvalue weighted by Crippen LogP contribution is -2.30. The minimum absolute atomic E-state index is 0.161. The molecule has 5 heteroatoms. The molecule has 1 saturated carbocycles. The van der Waals surface area contributed by atoms with Crippen LogP contribution >= 0.6 is 0 Å². The Morgan fingerprint density at radius 2 is 1.63 bits per heavy atom. The van der Waals surface area contributed by atoms with Gasteiger partial charge in [0.2, 0.25) is 0 Å². The van der Waals surface area contributed by atoms with Gasteiger partial charge in [0.05, 0.1) is 6.26 Å². The molecular formula is C33H44O5. The van der Waals surface area contributed by atoms with Crippen molar-refractivity contribution in [1.29, 1.82) is 0 Å². The predicted octanol–water partition coefficient (Wildman–Crippen LogP) is 8.15. The lowest BCUT2D eigenvalue weighted by Gasteiger charge is -2.27. The topological polar surface area (TPSA) is 54.0 Å². The van der Waals surface area contributed by atoms with Gasteiger partial charge < -0.3 is 18.9 Å². The van der Waals surface area contributed by atoms with Gasteiger partial charge in [0, 0.05) is 19.1 Å². The molecule has 0 amide bonds. The Hall–Kier alpha value is -3.31. The molecule has 2 aromatic carbocycles. The van der Waals surface area contributed by atoms with Crippen LogP contribution in [-0.2, 0) is 25.4 Å². The SMILES string of the molecule is C=CC(=O)OC1CCCCC1.C=Cc1ccc(OC(C)(C)Cc2ccc(C=COC(C)OCC)cc2)cc1. The van der Waals surface area contributed by atoms with E-state index in [0.717, 1.165) is 36.1 Å². The van der Waals surface area contributed by atoms with Crippen LogP contribution in [0, 0.1) is 0 Å². The number of rotatable bonds is 12. The first-order valence-corrected chi connectivity index (χ1v) is 13.5. The fraction of sp³-hybridized carbons (Fsp3) is 0.424. The fourth-order valence-corrected chi connectivity index (χ4v) is 4.16. The zero-order chi connectivity index (χ0) is 27.8. The van der Waals surface area contributed by atoms with Gasteiger partial charge in [0.15, 0.2) is 6.29 Å². The maximum Gasteiger partial charge on any atom is 0.330 e. The summed E-state index contributed by atoms with van der Waals surface area (Å²) in [6.45, 7) is 15.8. The van der Waals surface area contributed by atoms with Crippen LogP contribution in [0.25, 0.3) is 12.2 Å². The molecule has 1 atom stereocenters. The summed E-state index contributed by atoms with van der Waals surface area (Å²) in [5.41, 5.74) is 3.09. The largest absolute Gasteiger partial charge is 0.488 e. The van der Waals surface area contributed by atoms with E-state index in [4.69, 9.17) is 18.9 Å². The first kappa shape index (κ1) is 30.9. The molecule has 0 N–H and O–H groups in total. The van der Waals surface area contributed by atoms with Crippen LogP contribution in [0.1, 0.15) is 76.5 Å². The second-order valence-corrected chi connectivity index (χ2v) is 9.92. The first-order chi connectivity index (χ1) is 18.2. The molecule has 1 unspecified atom stereocenters. The molecule has 206 valence electrons. The average molecular weight is 521 g/mol. The lowest BCUT2D eigenvalue weighted by atomic mass is 9.97. The number of esters is 1. The molecule has 0 heterocycles. The third-order valence-electron chi connectivity index (χ3n) is 6.05. The Morgan fingerprint density at radius 3 is 2.21 bits per heavy atom. The third kappa shape index (κ3) is 12.3. The summed E-state index contributed by atoms with van der Waals surface area (Å²) in [6.07, 6.45) is 13.1. The number of carbonyl (C=O) groups excluding carboxylic acids is 1. The molecule has 0 bridgehead atoms. The summed E-state index contributed by atoms with van der Waals surface area (Å²) in [4.78, 5) is 10.7. The van der Waals surface area contributed by atoms with Crippen LogP contribution in [-0.4, -0.2) is 30.6 Å². The summed E-state index contributed by atoms with van der Waals surface area (Å²) in [6, 6.07) is 16.4. The molecule has 1 aliphatic carbocycles. The molecule has 3 rings (SSSR count). The molecule has 0 spiro atoms. The fourth-order valence-electron chi connectivity index (χ4n) is 4.16. The van der Waals surface area contributed by atoms with Crippen LogP contribution < -0.4 is 4.74 Å². The quantitative estimate of drug-likeness (QED) is 0.122. The highest BCUT2D eigenvalue weighted by molar-refractivity contribution is 5.81. The molecule has 2 aromatic rings. The maximum absolute atomic E-state index is 10.7. The Kier molecular flexibility index (Phi) is 13.4. The minimum Gasteiger partial charge on any atom is -0.488 e. The summed E-state index contributed by atoms with van der Waals surface area (Å²) in [7, 11) is 0. The van der Waals surface area contributed by atoms with Crippen LogP contribution in [0.4, 0.5) is 0 Å². The number of benzene rings is 2. The van der Waals surface area contributed by atoms with E-state index in [-0.39, 0.29) is 24.0 Å². The van der Waals surface area contributed by atoms with Gasteiger partial charge >= 0.3 is 5.97 Å². The predicted molar refractivity (Wildman–Crippen MR) is 156 cm³/mol. The standard InChI is InChI=1S/C24H30O3.C9H14O2/c1-6-20-12-14-23(15-13-20)27-24(4,5)18-22-10-8-21(9-11-22)16-17-26-19(3)25-7-2;1-2-9(10)11-8-6-4-3-5-7-8/h6,8-17,19H,1,7,18H2,2-5H3;2,8H,1,3-7H2. The zero-order valence-corrected chi connectivity index (χ0v) is 23.5. The van der Waals surface area contributed by atoms with Gasteiger partial charge in [0.1, 0.15) is 17.5 Å². The number of carbonyl (C=O) groups is 1. The average Bonchev–Trinajstić information content (AvgIpc) is 2.91. The summed E-state index contributed by atoms with van der Waals surface area (Å²) < 4.78 is 22.0. The highest BCUT2D eigenvalue weighted by Crippen LogP contribution is 2.23. The molecule has 0 aromatic heterocycles. The van der Waals surface area contributed by atoms with E-state index >= 15 is 0 Å². The van der Waals surface area contributed by atoms with Crippen LogP contribution in [0.5, 0.6) is 5.75 Å². The van der Waals surface area contributed by atoms with Crippen molar-refractivity contribution in [2.45, 2.75) is 84.2 Å². The molecule has 0 radical (unpaired) electrons. The normalized spacial score (nSPS) is 14.6. The van der Waals surface area contributed by atoms with E-state index in [1.165, 1.54) is 30.9 Å². The van der Waals surface area contributed by atoms with Crippen molar-refractivity contribution in [3.05, 3.63) is 90.7 Å². The maximum atomic E-state index is 10.7. The summed E-state index contributed by atoms with van der Waals surface area (Å²) in [5.74, 6) is 0.586. The molecule has 0 aliphatic heterocycles. The number of hydrogen-bond donors (Lipinski definition) is 0. The Bertz CT molecular complexity index is 999. The van der Waals surface area contributed by atoms with Gasteiger partial charge in [-0.3, -0.25) is 0 Å². The Morgan fingerprint density at radius 1 is 1.00 bits per heavy atom. The van der Waals surface area contributed by atoms with E-state index in [2.05, 4.69) is 51.3 Å². The van der Waals surface area contributed by atoms with Gasteiger partial charge in [-0.25, -0.2) is 4.79 Å². The van der Waals surface area contributed by atoms with E-state index in [9.17, 15) is 4.79 Å². The zero-order valence-electron chi connectivity index (χ0n) is 23.5. The monoisotopic (exact) mass is 520 g/mol. The molecule has 38 heavy (non-hydrogen) atoms. The number of hydrogen-bond acceptors (Lipinski definition) is 5. The van der Waals surface area contributed by atoms with Crippen LogP contribution in [0.15, 0.2) is 74.0 Å². The van der Waals surface area contributed by atoms with Crippen molar-refractivity contribution in [2.24, 2.45) is 0 Å². The third-order valence-corrected chi connectivity index (χ3v) is 6.05. The van der Waals surface area contributed by atoms with Gasteiger partial charge in [0.25, 0.3) is 0 Å². The smallest absolute Gasteiger partial charge is 0.330 e. The molecule has 5 nitrogen and oxygen atoms in total. The van der Waals surface area contributed by atoms with Crippen LogP contribution in [0.2, 0.25) is 0 Å². The Balaban J connectivity index is 0.000000384. The molecular weight excluding hydrogens is 476 g/mol. The highest BCUT2D eigenvalue weighted by Gasteiger charge is 2.20. The minimum atomic E-state index is -0.302. The van der Waals surface area contributed by atoms with Crippen molar-refractivity contribution < 1.29 is 23.7 Å². The van der Waals surface area contributed by atoms with Gasteiger partial charge in [-0.15, -0.1) is 0 Å². The van der Waals surface area contributed by atoms with Crippen molar-refractivity contribution in [3.63, 3.8) is 0 Å². The Labute approximate surface area is 229 Å².